The average molecular weight is 442 g/mol. The van der Waals surface area contributed by atoms with Crippen LogP contribution in [0.1, 0.15) is 36.8 Å². The lowest BCUT2D eigenvalue weighted by Crippen LogP contribution is -2.43. The smallest absolute Gasteiger partial charge is 0.288 e. The molecule has 1 aromatic heterocycles. The van der Waals surface area contributed by atoms with Gasteiger partial charge in [0.1, 0.15) is 6.20 Å². The number of aliphatic hydroxyl groups is 1. The maximum Gasteiger partial charge on any atom is 0.288 e. The molecule has 2 aromatic rings. The summed E-state index contributed by atoms with van der Waals surface area (Å²) in [7, 11) is 0. The fourth-order valence-corrected chi connectivity index (χ4v) is 4.70. The number of hydrogen-bond donors (Lipinski definition) is 1. The minimum absolute atomic E-state index is 0.0148. The second kappa shape index (κ2) is 10.4. The van der Waals surface area contributed by atoms with Gasteiger partial charge in [0.05, 0.1) is 18.1 Å². The molecule has 172 valence electrons. The molecular formula is C24H31N3O5. The van der Waals surface area contributed by atoms with E-state index in [9.17, 15) is 15.2 Å². The molecule has 32 heavy (non-hydrogen) atoms. The fraction of sp³-hybridized carbons (Fsp3) is 0.542. The number of benzene rings is 1. The van der Waals surface area contributed by atoms with Crippen molar-refractivity contribution in [2.45, 2.75) is 45.6 Å². The van der Waals surface area contributed by atoms with Crippen molar-refractivity contribution in [1.82, 2.24) is 9.88 Å². The van der Waals surface area contributed by atoms with Crippen LogP contribution in [-0.4, -0.2) is 46.0 Å². The van der Waals surface area contributed by atoms with Crippen molar-refractivity contribution in [2.24, 2.45) is 17.8 Å². The third-order valence-electron chi connectivity index (χ3n) is 6.67. The number of aliphatic hydroxyl groups excluding tert-OH is 1. The van der Waals surface area contributed by atoms with E-state index in [1.165, 1.54) is 18.7 Å². The van der Waals surface area contributed by atoms with E-state index < -0.39 is 11.3 Å². The summed E-state index contributed by atoms with van der Waals surface area (Å²) in [5.74, 6) is 2.57. The van der Waals surface area contributed by atoms with E-state index in [1.807, 2.05) is 35.2 Å². The fourth-order valence-electron chi connectivity index (χ4n) is 4.70. The SMILES string of the molecule is Cc1cc([N+](=O)[O-])cnc1OCC[C@@H]1C[C@@H]1C1CCN(C(O)OCc2ccccc2)CC1. The number of aryl methyl sites for hydroxylation is 1. The standard InChI is InChI=1S/C24H31N3O5/c1-17-13-21(27(29)30)15-25-23(17)31-12-9-20-14-22(20)19-7-10-26(11-8-19)24(28)32-16-18-5-3-2-4-6-18/h2-6,13,15,19-20,22,24,28H,7-12,14,16H2,1H3/t20-,22-,24?/m1/s1. The van der Waals surface area contributed by atoms with Crippen molar-refractivity contribution in [2.75, 3.05) is 19.7 Å². The molecule has 0 amide bonds. The molecule has 4 rings (SSSR count). The lowest BCUT2D eigenvalue weighted by molar-refractivity contribution is -0.385. The molecule has 2 aliphatic rings. The largest absolute Gasteiger partial charge is 0.477 e. The molecular weight excluding hydrogens is 410 g/mol. The van der Waals surface area contributed by atoms with Crippen LogP contribution in [0.3, 0.4) is 0 Å². The predicted molar refractivity (Wildman–Crippen MR) is 119 cm³/mol. The van der Waals surface area contributed by atoms with E-state index in [0.29, 0.717) is 36.5 Å². The Hall–Kier alpha value is -2.55. The summed E-state index contributed by atoms with van der Waals surface area (Å²) >= 11 is 0. The monoisotopic (exact) mass is 441 g/mol. The van der Waals surface area contributed by atoms with E-state index in [1.54, 1.807) is 6.92 Å². The van der Waals surface area contributed by atoms with Gasteiger partial charge in [-0.3, -0.25) is 15.0 Å². The Kier molecular flexibility index (Phi) is 7.34. The normalized spacial score (nSPS) is 22.4. The van der Waals surface area contributed by atoms with Crippen molar-refractivity contribution in [3.8, 4) is 5.88 Å². The van der Waals surface area contributed by atoms with Gasteiger partial charge < -0.3 is 14.6 Å². The van der Waals surface area contributed by atoms with Gasteiger partial charge in [-0.1, -0.05) is 30.3 Å². The van der Waals surface area contributed by atoms with E-state index >= 15 is 0 Å². The predicted octanol–water partition coefficient (Wildman–Crippen LogP) is 3.91. The van der Waals surface area contributed by atoms with Crippen molar-refractivity contribution in [3.05, 3.63) is 63.8 Å². The van der Waals surface area contributed by atoms with E-state index in [-0.39, 0.29) is 5.69 Å². The Bertz CT molecular complexity index is 902. The van der Waals surface area contributed by atoms with Crippen LogP contribution in [0.15, 0.2) is 42.6 Å². The number of pyridine rings is 1. The Labute approximate surface area is 188 Å². The summed E-state index contributed by atoms with van der Waals surface area (Å²) in [5, 5.41) is 21.2. The second-order valence-electron chi connectivity index (χ2n) is 8.87. The molecule has 1 N–H and O–H groups in total. The lowest BCUT2D eigenvalue weighted by Gasteiger charge is -2.35. The highest BCUT2D eigenvalue weighted by molar-refractivity contribution is 5.36. The van der Waals surface area contributed by atoms with Gasteiger partial charge in [0.25, 0.3) is 5.69 Å². The zero-order valence-corrected chi connectivity index (χ0v) is 18.4. The van der Waals surface area contributed by atoms with Crippen molar-refractivity contribution >= 4 is 5.69 Å². The van der Waals surface area contributed by atoms with Crippen molar-refractivity contribution < 1.29 is 19.5 Å². The molecule has 2 fully saturated rings. The number of piperidine rings is 1. The Morgan fingerprint density at radius 1 is 1.28 bits per heavy atom. The summed E-state index contributed by atoms with van der Waals surface area (Å²) < 4.78 is 11.4. The molecule has 0 radical (unpaired) electrons. The topological polar surface area (TPSA) is 98.0 Å². The zero-order valence-electron chi connectivity index (χ0n) is 18.4. The molecule has 1 aromatic carbocycles. The van der Waals surface area contributed by atoms with Gasteiger partial charge in [0.2, 0.25) is 12.3 Å². The number of nitrogens with zero attached hydrogens (tertiary/aromatic N) is 3. The van der Waals surface area contributed by atoms with Crippen molar-refractivity contribution in [1.29, 1.82) is 0 Å². The van der Waals surface area contributed by atoms with Crippen LogP contribution in [0.25, 0.3) is 0 Å². The number of hydrogen-bond acceptors (Lipinski definition) is 7. The summed E-state index contributed by atoms with van der Waals surface area (Å²) in [6, 6.07) is 11.4. The van der Waals surface area contributed by atoms with Crippen LogP contribution in [0.5, 0.6) is 5.88 Å². The Morgan fingerprint density at radius 3 is 2.72 bits per heavy atom. The second-order valence-corrected chi connectivity index (χ2v) is 8.87. The van der Waals surface area contributed by atoms with Crippen LogP contribution in [0, 0.1) is 34.8 Å². The summed E-state index contributed by atoms with van der Waals surface area (Å²) in [6.07, 6.45) is 4.76. The van der Waals surface area contributed by atoms with Crippen LogP contribution < -0.4 is 4.74 Å². The number of aromatic nitrogens is 1. The quantitative estimate of drug-likeness (QED) is 0.339. The number of ether oxygens (including phenoxy) is 2. The first kappa shape index (κ1) is 22.6. The van der Waals surface area contributed by atoms with Crippen LogP contribution in [-0.2, 0) is 11.3 Å². The molecule has 0 spiro atoms. The molecule has 1 unspecified atom stereocenters. The van der Waals surface area contributed by atoms with Gasteiger partial charge in [-0.05, 0) is 55.9 Å². The van der Waals surface area contributed by atoms with Crippen LogP contribution in [0.2, 0.25) is 0 Å². The lowest BCUT2D eigenvalue weighted by atomic mass is 9.90. The Balaban J connectivity index is 1.14. The third-order valence-corrected chi connectivity index (χ3v) is 6.67. The minimum Gasteiger partial charge on any atom is -0.477 e. The van der Waals surface area contributed by atoms with Gasteiger partial charge in [-0.15, -0.1) is 0 Å². The van der Waals surface area contributed by atoms with Crippen LogP contribution in [0.4, 0.5) is 5.69 Å². The minimum atomic E-state index is -0.850. The summed E-state index contributed by atoms with van der Waals surface area (Å²) in [4.78, 5) is 16.5. The van der Waals surface area contributed by atoms with Crippen LogP contribution >= 0.6 is 0 Å². The highest BCUT2D eigenvalue weighted by atomic mass is 16.6. The van der Waals surface area contributed by atoms with E-state index in [0.717, 1.165) is 43.8 Å². The van der Waals surface area contributed by atoms with E-state index in [4.69, 9.17) is 9.47 Å². The molecule has 1 aliphatic carbocycles. The third kappa shape index (κ3) is 5.82. The number of nitro groups is 1. The molecule has 1 saturated carbocycles. The molecule has 0 bridgehead atoms. The number of likely N-dealkylation sites (tertiary alicyclic amines) is 1. The molecule has 1 aliphatic heterocycles. The van der Waals surface area contributed by atoms with Gasteiger partial charge in [0, 0.05) is 24.7 Å². The van der Waals surface area contributed by atoms with E-state index in [2.05, 4.69) is 4.98 Å². The number of rotatable bonds is 10. The molecule has 1 saturated heterocycles. The van der Waals surface area contributed by atoms with Gasteiger partial charge in [-0.2, -0.15) is 0 Å². The first-order valence-corrected chi connectivity index (χ1v) is 11.3. The Morgan fingerprint density at radius 2 is 2.03 bits per heavy atom. The van der Waals surface area contributed by atoms with Gasteiger partial charge >= 0.3 is 0 Å². The summed E-state index contributed by atoms with van der Waals surface area (Å²) in [6.45, 7) is 4.48. The molecule has 3 atom stereocenters. The highest BCUT2D eigenvalue weighted by Crippen LogP contribution is 2.49. The van der Waals surface area contributed by atoms with Crippen molar-refractivity contribution in [3.63, 3.8) is 0 Å². The average Bonchev–Trinajstić information content (AvgIpc) is 3.59. The van der Waals surface area contributed by atoms with Gasteiger partial charge in [-0.25, -0.2) is 4.98 Å². The maximum atomic E-state index is 10.8. The first-order valence-electron chi connectivity index (χ1n) is 11.3. The first-order chi connectivity index (χ1) is 15.5. The maximum absolute atomic E-state index is 10.8. The highest BCUT2D eigenvalue weighted by Gasteiger charge is 2.43. The summed E-state index contributed by atoms with van der Waals surface area (Å²) in [5.41, 5.74) is 1.73. The molecule has 2 heterocycles. The molecule has 8 heteroatoms. The van der Waals surface area contributed by atoms with Gasteiger partial charge in [0.15, 0.2) is 0 Å². The molecule has 8 nitrogen and oxygen atoms in total. The zero-order chi connectivity index (χ0) is 22.5.